The van der Waals surface area contributed by atoms with Gasteiger partial charge in [0, 0.05) is 25.7 Å². The molecule has 2 heteroatoms. The van der Waals surface area contributed by atoms with E-state index in [0.29, 0.717) is 6.04 Å². The fourth-order valence-corrected chi connectivity index (χ4v) is 3.63. The van der Waals surface area contributed by atoms with E-state index in [1.54, 1.807) is 0 Å². The van der Waals surface area contributed by atoms with Gasteiger partial charge in [0.25, 0.3) is 0 Å². The molecule has 0 aromatic rings. The molecule has 15 heavy (non-hydrogen) atoms. The minimum absolute atomic E-state index is 0.660. The Morgan fingerprint density at radius 1 is 1.27 bits per heavy atom. The minimum atomic E-state index is 0.660. The molecule has 2 aliphatic carbocycles. The summed E-state index contributed by atoms with van der Waals surface area (Å²) < 4.78 is 0. The van der Waals surface area contributed by atoms with Gasteiger partial charge in [-0.3, -0.25) is 4.90 Å². The summed E-state index contributed by atoms with van der Waals surface area (Å²) in [5.74, 6) is 3.11. The maximum atomic E-state index is 5.68. The van der Waals surface area contributed by atoms with Gasteiger partial charge >= 0.3 is 0 Å². The molecule has 0 heterocycles. The Kier molecular flexibility index (Phi) is 3.68. The third-order valence-electron chi connectivity index (χ3n) is 4.50. The average Bonchev–Trinajstić information content (AvgIpc) is 2.78. The predicted molar refractivity (Wildman–Crippen MR) is 64.7 cm³/mol. The first-order chi connectivity index (χ1) is 7.20. The molecule has 2 aliphatic rings. The van der Waals surface area contributed by atoms with E-state index in [1.807, 2.05) is 0 Å². The predicted octanol–water partition coefficient (Wildman–Crippen LogP) is 2.09. The molecule has 2 nitrogen and oxygen atoms in total. The quantitative estimate of drug-likeness (QED) is 0.753. The topological polar surface area (TPSA) is 29.3 Å². The lowest BCUT2D eigenvalue weighted by atomic mass is 9.88. The number of hydrogen-bond acceptors (Lipinski definition) is 2. The molecule has 2 bridgehead atoms. The van der Waals surface area contributed by atoms with Crippen molar-refractivity contribution in [1.82, 2.24) is 4.90 Å². The number of hydrogen-bond donors (Lipinski definition) is 1. The maximum absolute atomic E-state index is 5.68. The van der Waals surface area contributed by atoms with Crippen LogP contribution in [0.3, 0.4) is 0 Å². The molecule has 2 N–H and O–H groups in total. The molecule has 0 radical (unpaired) electrons. The van der Waals surface area contributed by atoms with Gasteiger partial charge in [0.1, 0.15) is 0 Å². The van der Waals surface area contributed by atoms with Gasteiger partial charge in [-0.1, -0.05) is 6.42 Å². The smallest absolute Gasteiger partial charge is 0.0107 e. The molecule has 2 rings (SSSR count). The van der Waals surface area contributed by atoms with Crippen LogP contribution in [0.5, 0.6) is 0 Å². The third-order valence-corrected chi connectivity index (χ3v) is 4.50. The zero-order valence-electron chi connectivity index (χ0n) is 10.3. The van der Waals surface area contributed by atoms with Crippen molar-refractivity contribution >= 4 is 0 Å². The van der Waals surface area contributed by atoms with Gasteiger partial charge in [0.05, 0.1) is 0 Å². The van der Waals surface area contributed by atoms with Crippen LogP contribution in [0.15, 0.2) is 0 Å². The average molecular weight is 210 g/mol. The second-order valence-electron chi connectivity index (χ2n) is 5.81. The van der Waals surface area contributed by atoms with E-state index >= 15 is 0 Å². The summed E-state index contributed by atoms with van der Waals surface area (Å²) in [4.78, 5) is 2.57. The van der Waals surface area contributed by atoms with Crippen LogP contribution in [-0.2, 0) is 0 Å². The summed E-state index contributed by atoms with van der Waals surface area (Å²) in [6, 6.07) is 0.660. The zero-order valence-corrected chi connectivity index (χ0v) is 10.3. The minimum Gasteiger partial charge on any atom is -0.329 e. The van der Waals surface area contributed by atoms with Crippen molar-refractivity contribution in [1.29, 1.82) is 0 Å². The van der Waals surface area contributed by atoms with Crippen LogP contribution in [0.25, 0.3) is 0 Å². The molecule has 3 unspecified atom stereocenters. The first-order valence-electron chi connectivity index (χ1n) is 6.64. The molecular weight excluding hydrogens is 184 g/mol. The zero-order chi connectivity index (χ0) is 10.8. The van der Waals surface area contributed by atoms with E-state index in [0.717, 1.165) is 30.8 Å². The molecular formula is C13H26N2. The van der Waals surface area contributed by atoms with Crippen LogP contribution < -0.4 is 5.73 Å². The Morgan fingerprint density at radius 2 is 2.07 bits per heavy atom. The summed E-state index contributed by atoms with van der Waals surface area (Å²) >= 11 is 0. The first-order valence-corrected chi connectivity index (χ1v) is 6.64. The van der Waals surface area contributed by atoms with Crippen molar-refractivity contribution in [2.45, 2.75) is 45.6 Å². The Labute approximate surface area is 94.2 Å². The molecule has 0 aromatic carbocycles. The van der Waals surface area contributed by atoms with Crippen molar-refractivity contribution in [2.75, 3.05) is 19.6 Å². The summed E-state index contributed by atoms with van der Waals surface area (Å²) in [7, 11) is 0. The highest BCUT2D eigenvalue weighted by molar-refractivity contribution is 4.91. The van der Waals surface area contributed by atoms with E-state index in [2.05, 4.69) is 18.7 Å². The van der Waals surface area contributed by atoms with Crippen molar-refractivity contribution in [2.24, 2.45) is 23.5 Å². The second kappa shape index (κ2) is 4.84. The van der Waals surface area contributed by atoms with Crippen LogP contribution in [0, 0.1) is 17.8 Å². The second-order valence-corrected chi connectivity index (χ2v) is 5.81. The number of nitrogens with zero attached hydrogens (tertiary/aromatic N) is 1. The normalized spacial score (nSPS) is 34.6. The van der Waals surface area contributed by atoms with Crippen LogP contribution in [0.2, 0.25) is 0 Å². The Bertz CT molecular complexity index is 203. The van der Waals surface area contributed by atoms with Gasteiger partial charge in [-0.05, 0) is 50.9 Å². The fraction of sp³-hybridized carbons (Fsp3) is 1.00. The van der Waals surface area contributed by atoms with Gasteiger partial charge < -0.3 is 5.73 Å². The lowest BCUT2D eigenvalue weighted by Gasteiger charge is -2.32. The summed E-state index contributed by atoms with van der Waals surface area (Å²) in [5.41, 5.74) is 5.68. The van der Waals surface area contributed by atoms with Gasteiger partial charge in [0.15, 0.2) is 0 Å². The summed E-state index contributed by atoms with van der Waals surface area (Å²) in [5, 5.41) is 0. The van der Waals surface area contributed by atoms with Crippen LogP contribution in [0.1, 0.15) is 39.5 Å². The van der Waals surface area contributed by atoms with E-state index in [1.165, 1.54) is 32.2 Å². The van der Waals surface area contributed by atoms with Gasteiger partial charge in [0.2, 0.25) is 0 Å². The van der Waals surface area contributed by atoms with Crippen LogP contribution in [0.4, 0.5) is 0 Å². The number of rotatable bonds is 5. The standard InChI is InChI=1S/C13H26N2/c1-10(2)15(6-5-14)9-13-8-11-3-4-12(13)7-11/h10-13H,3-9,14H2,1-2H3. The van der Waals surface area contributed by atoms with Gasteiger partial charge in [-0.2, -0.15) is 0 Å². The molecule has 0 aliphatic heterocycles. The van der Waals surface area contributed by atoms with Gasteiger partial charge in [-0.15, -0.1) is 0 Å². The molecule has 0 amide bonds. The monoisotopic (exact) mass is 210 g/mol. The van der Waals surface area contributed by atoms with Crippen LogP contribution in [-0.4, -0.2) is 30.6 Å². The van der Waals surface area contributed by atoms with Crippen molar-refractivity contribution in [3.05, 3.63) is 0 Å². The Balaban J connectivity index is 1.84. The molecule has 88 valence electrons. The SMILES string of the molecule is CC(C)N(CCN)CC1CC2CCC1C2. The van der Waals surface area contributed by atoms with Gasteiger partial charge in [-0.25, -0.2) is 0 Å². The van der Waals surface area contributed by atoms with E-state index < -0.39 is 0 Å². The van der Waals surface area contributed by atoms with Crippen molar-refractivity contribution < 1.29 is 0 Å². The first kappa shape index (κ1) is 11.4. The molecule has 0 spiro atoms. The number of nitrogens with two attached hydrogens (primary N) is 1. The maximum Gasteiger partial charge on any atom is 0.0107 e. The lowest BCUT2D eigenvalue weighted by molar-refractivity contribution is 0.161. The van der Waals surface area contributed by atoms with E-state index in [-0.39, 0.29) is 0 Å². The van der Waals surface area contributed by atoms with Crippen LogP contribution >= 0.6 is 0 Å². The largest absolute Gasteiger partial charge is 0.329 e. The Morgan fingerprint density at radius 3 is 2.53 bits per heavy atom. The summed E-state index contributed by atoms with van der Waals surface area (Å²) in [6.07, 6.45) is 6.04. The molecule has 2 fully saturated rings. The van der Waals surface area contributed by atoms with E-state index in [4.69, 9.17) is 5.73 Å². The number of fused-ring (bicyclic) bond motifs is 2. The molecule has 2 saturated carbocycles. The fourth-order valence-electron chi connectivity index (χ4n) is 3.63. The molecule has 3 atom stereocenters. The Hall–Kier alpha value is -0.0800. The molecule has 0 saturated heterocycles. The molecule has 0 aromatic heterocycles. The van der Waals surface area contributed by atoms with Crippen molar-refractivity contribution in [3.63, 3.8) is 0 Å². The summed E-state index contributed by atoms with van der Waals surface area (Å²) in [6.45, 7) is 7.77. The third kappa shape index (κ3) is 2.54. The highest BCUT2D eigenvalue weighted by Crippen LogP contribution is 2.48. The lowest BCUT2D eigenvalue weighted by Crippen LogP contribution is -2.40. The van der Waals surface area contributed by atoms with E-state index in [9.17, 15) is 0 Å². The van der Waals surface area contributed by atoms with Crippen molar-refractivity contribution in [3.8, 4) is 0 Å². The highest BCUT2D eigenvalue weighted by atomic mass is 15.2. The highest BCUT2D eigenvalue weighted by Gasteiger charge is 2.39.